The number of rotatable bonds is 7. The van der Waals surface area contributed by atoms with Crippen molar-refractivity contribution in [1.29, 1.82) is 0 Å². The molecule has 0 aliphatic heterocycles. The third-order valence-corrected chi connectivity index (χ3v) is 4.96. The fraction of sp³-hybridized carbons (Fsp3) is 0.167. The Hall–Kier alpha value is -2.38. The first-order chi connectivity index (χ1) is 12.2. The van der Waals surface area contributed by atoms with Crippen molar-refractivity contribution in [3.63, 3.8) is 0 Å². The number of carbonyl (C=O) groups excluding carboxylic acids is 1. The maximum absolute atomic E-state index is 11.9. The van der Waals surface area contributed by atoms with Gasteiger partial charge < -0.3 is 4.42 Å². The first-order valence-corrected chi connectivity index (χ1v) is 9.66. The molecule has 7 heteroatoms. The van der Waals surface area contributed by atoms with Gasteiger partial charge in [-0.3, -0.25) is 10.1 Å². The van der Waals surface area contributed by atoms with E-state index in [0.717, 1.165) is 16.2 Å². The molecule has 1 N–H and O–H groups in total. The molecule has 0 bridgehead atoms. The van der Waals surface area contributed by atoms with Gasteiger partial charge in [-0.25, -0.2) is 0 Å². The molecule has 128 valence electrons. The van der Waals surface area contributed by atoms with Crippen LogP contribution in [-0.2, 0) is 11.2 Å². The Balaban J connectivity index is 1.55. The largest absolute Gasteiger partial charge is 0.407 e. The van der Waals surface area contributed by atoms with E-state index in [9.17, 15) is 4.79 Å². The predicted molar refractivity (Wildman–Crippen MR) is 102 cm³/mol. The van der Waals surface area contributed by atoms with Crippen LogP contribution < -0.4 is 5.32 Å². The number of carbonyl (C=O) groups is 1. The van der Waals surface area contributed by atoms with E-state index in [2.05, 4.69) is 34.6 Å². The number of aromatic nitrogens is 2. The van der Waals surface area contributed by atoms with Gasteiger partial charge in [0.15, 0.2) is 0 Å². The van der Waals surface area contributed by atoms with Gasteiger partial charge in [-0.05, 0) is 41.0 Å². The van der Waals surface area contributed by atoms with Gasteiger partial charge in [0.2, 0.25) is 5.89 Å². The topological polar surface area (TPSA) is 68.0 Å². The molecule has 1 amide bonds. The van der Waals surface area contributed by atoms with Crippen LogP contribution in [0.25, 0.3) is 6.08 Å². The maximum atomic E-state index is 11.9. The molecule has 0 aliphatic rings. The van der Waals surface area contributed by atoms with E-state index in [-0.39, 0.29) is 11.9 Å². The molecular weight excluding hydrogens is 354 g/mol. The van der Waals surface area contributed by atoms with Gasteiger partial charge >= 0.3 is 6.01 Å². The summed E-state index contributed by atoms with van der Waals surface area (Å²) in [5, 5.41) is 12.4. The number of benzene rings is 1. The Bertz CT molecular complexity index is 840. The lowest BCUT2D eigenvalue weighted by atomic mass is 10.1. The molecule has 0 radical (unpaired) electrons. The highest BCUT2D eigenvalue weighted by Gasteiger charge is 2.09. The van der Waals surface area contributed by atoms with Crippen molar-refractivity contribution >= 4 is 41.1 Å². The molecule has 0 saturated carbocycles. The van der Waals surface area contributed by atoms with Crippen molar-refractivity contribution in [3.8, 4) is 0 Å². The summed E-state index contributed by atoms with van der Waals surface area (Å²) in [6.07, 6.45) is 3.72. The smallest absolute Gasteiger partial charge is 0.322 e. The average Bonchev–Trinajstić information content (AvgIpc) is 3.27. The van der Waals surface area contributed by atoms with Crippen LogP contribution in [0, 0.1) is 0 Å². The quantitative estimate of drug-likeness (QED) is 0.490. The molecule has 2 heterocycles. The van der Waals surface area contributed by atoms with Crippen LogP contribution in [0.3, 0.4) is 0 Å². The van der Waals surface area contributed by atoms with Crippen molar-refractivity contribution in [2.75, 3.05) is 11.1 Å². The number of hydrogen-bond acceptors (Lipinski definition) is 6. The lowest BCUT2D eigenvalue weighted by Crippen LogP contribution is -2.07. The molecule has 0 aliphatic carbocycles. The van der Waals surface area contributed by atoms with E-state index in [0.29, 0.717) is 12.3 Å². The zero-order chi connectivity index (χ0) is 17.5. The second-order valence-electron chi connectivity index (χ2n) is 5.09. The number of anilines is 1. The minimum Gasteiger partial charge on any atom is -0.407 e. The summed E-state index contributed by atoms with van der Waals surface area (Å²) in [5.41, 5.74) is 1.08. The van der Waals surface area contributed by atoms with Crippen molar-refractivity contribution in [3.05, 3.63) is 64.2 Å². The molecule has 3 aromatic rings. The SMILES string of the molecule is CCSc1ccc(Cc2nnc(NC(=O)C=Cc3cccs3)o2)cc1. The van der Waals surface area contributed by atoms with E-state index in [1.54, 1.807) is 29.2 Å². The zero-order valence-electron chi connectivity index (χ0n) is 13.6. The Morgan fingerprint density at radius 2 is 2.12 bits per heavy atom. The summed E-state index contributed by atoms with van der Waals surface area (Å²) < 4.78 is 5.48. The van der Waals surface area contributed by atoms with Gasteiger partial charge in [-0.2, -0.15) is 0 Å². The van der Waals surface area contributed by atoms with Crippen molar-refractivity contribution in [1.82, 2.24) is 10.2 Å². The second kappa shape index (κ2) is 8.64. The molecule has 0 fully saturated rings. The summed E-state index contributed by atoms with van der Waals surface area (Å²) in [7, 11) is 0. The van der Waals surface area contributed by atoms with E-state index in [1.807, 2.05) is 29.6 Å². The minimum absolute atomic E-state index is 0.106. The zero-order valence-corrected chi connectivity index (χ0v) is 15.3. The monoisotopic (exact) mass is 371 g/mol. The minimum atomic E-state index is -0.301. The summed E-state index contributed by atoms with van der Waals surface area (Å²) in [6.45, 7) is 2.13. The summed E-state index contributed by atoms with van der Waals surface area (Å²) in [6, 6.07) is 12.2. The molecular formula is C18H17N3O2S2. The number of nitrogens with zero attached hydrogens (tertiary/aromatic N) is 2. The Morgan fingerprint density at radius 3 is 2.84 bits per heavy atom. The van der Waals surface area contributed by atoms with Crippen LogP contribution >= 0.6 is 23.1 Å². The third-order valence-electron chi connectivity index (χ3n) is 3.23. The third kappa shape index (κ3) is 5.30. The number of thiophene rings is 1. The fourth-order valence-corrected chi connectivity index (χ4v) is 3.39. The van der Waals surface area contributed by atoms with Gasteiger partial charge in [0.1, 0.15) is 0 Å². The molecule has 2 aromatic heterocycles. The summed E-state index contributed by atoms with van der Waals surface area (Å²) in [5.74, 6) is 1.21. The maximum Gasteiger partial charge on any atom is 0.322 e. The lowest BCUT2D eigenvalue weighted by molar-refractivity contribution is -0.112. The number of hydrogen-bond donors (Lipinski definition) is 1. The molecule has 0 saturated heterocycles. The standard InChI is InChI=1S/C18H17N3O2S2/c1-2-24-15-7-5-13(6-8-15)12-17-20-21-18(23-17)19-16(22)10-9-14-4-3-11-25-14/h3-11H,2,12H2,1H3,(H,19,21,22). The number of amides is 1. The van der Waals surface area contributed by atoms with E-state index in [1.165, 1.54) is 11.0 Å². The van der Waals surface area contributed by atoms with Gasteiger partial charge in [-0.15, -0.1) is 28.2 Å². The van der Waals surface area contributed by atoms with Crippen molar-refractivity contribution in [2.45, 2.75) is 18.2 Å². The molecule has 0 atom stereocenters. The van der Waals surface area contributed by atoms with Crippen LogP contribution in [0.2, 0.25) is 0 Å². The Labute approximate surface area is 154 Å². The van der Waals surface area contributed by atoms with Crippen LogP contribution in [0.5, 0.6) is 0 Å². The van der Waals surface area contributed by atoms with Crippen molar-refractivity contribution < 1.29 is 9.21 Å². The van der Waals surface area contributed by atoms with Crippen LogP contribution in [0.1, 0.15) is 23.3 Å². The Morgan fingerprint density at radius 1 is 1.28 bits per heavy atom. The second-order valence-corrected chi connectivity index (χ2v) is 7.41. The van der Waals surface area contributed by atoms with Crippen molar-refractivity contribution in [2.24, 2.45) is 0 Å². The molecule has 1 aromatic carbocycles. The lowest BCUT2D eigenvalue weighted by Gasteiger charge is -2.00. The highest BCUT2D eigenvalue weighted by Crippen LogP contribution is 2.19. The van der Waals surface area contributed by atoms with Gasteiger partial charge in [0, 0.05) is 15.8 Å². The van der Waals surface area contributed by atoms with Crippen LogP contribution in [0.4, 0.5) is 6.01 Å². The van der Waals surface area contributed by atoms with Gasteiger partial charge in [-0.1, -0.05) is 30.2 Å². The molecule has 3 rings (SSSR count). The average molecular weight is 371 g/mol. The van der Waals surface area contributed by atoms with Gasteiger partial charge in [0.25, 0.3) is 5.91 Å². The molecule has 5 nitrogen and oxygen atoms in total. The van der Waals surface area contributed by atoms with Crippen LogP contribution in [0.15, 0.2) is 57.2 Å². The first-order valence-electron chi connectivity index (χ1n) is 7.79. The van der Waals surface area contributed by atoms with Gasteiger partial charge in [0.05, 0.1) is 6.42 Å². The molecule has 0 spiro atoms. The fourth-order valence-electron chi connectivity index (χ4n) is 2.11. The van der Waals surface area contributed by atoms with Crippen LogP contribution in [-0.4, -0.2) is 21.9 Å². The highest BCUT2D eigenvalue weighted by molar-refractivity contribution is 7.99. The number of nitrogens with one attached hydrogen (secondary N) is 1. The highest BCUT2D eigenvalue weighted by atomic mass is 32.2. The normalized spacial score (nSPS) is 11.1. The number of thioether (sulfide) groups is 1. The van der Waals surface area contributed by atoms with E-state index >= 15 is 0 Å². The first kappa shape index (κ1) is 17.4. The molecule has 0 unspecified atom stereocenters. The van der Waals surface area contributed by atoms with E-state index < -0.39 is 0 Å². The van der Waals surface area contributed by atoms with E-state index in [4.69, 9.17) is 4.42 Å². The summed E-state index contributed by atoms with van der Waals surface area (Å²) in [4.78, 5) is 14.1. The Kier molecular flexibility index (Phi) is 6.03. The summed E-state index contributed by atoms with van der Waals surface area (Å²) >= 11 is 3.36. The predicted octanol–water partition coefficient (Wildman–Crippen LogP) is 4.49. The molecule has 25 heavy (non-hydrogen) atoms.